The van der Waals surface area contributed by atoms with E-state index in [1.165, 1.54) is 39.9 Å². The molecule has 4 rings (SSSR count). The van der Waals surface area contributed by atoms with E-state index in [4.69, 9.17) is 0 Å². The predicted molar refractivity (Wildman–Crippen MR) is 109 cm³/mol. The molecule has 4 nitrogen and oxygen atoms in total. The Labute approximate surface area is 158 Å². The van der Waals surface area contributed by atoms with Gasteiger partial charge in [-0.05, 0) is 37.3 Å². The maximum Gasteiger partial charge on any atom is 0.315 e. The monoisotopic (exact) mass is 367 g/mol. The smallest absolute Gasteiger partial charge is 0.315 e. The second-order valence-corrected chi connectivity index (χ2v) is 7.82. The third kappa shape index (κ3) is 3.23. The van der Waals surface area contributed by atoms with Gasteiger partial charge in [-0.2, -0.15) is 0 Å². The number of aryl methyl sites for hydroxylation is 1. The Morgan fingerprint density at radius 2 is 2.00 bits per heavy atom. The first-order chi connectivity index (χ1) is 12.8. The molecule has 2 aromatic heterocycles. The molecule has 0 radical (unpaired) electrons. The SMILES string of the molecule is CCn1c(-c2cccs2)c(CNC(=O)NC2CCCC2)c2ccccc21. The van der Waals surface area contributed by atoms with Crippen LogP contribution in [0.5, 0.6) is 0 Å². The molecule has 0 spiro atoms. The highest BCUT2D eigenvalue weighted by Crippen LogP contribution is 2.36. The number of nitrogens with one attached hydrogen (secondary N) is 2. The molecule has 0 unspecified atom stereocenters. The molecule has 1 aromatic carbocycles. The van der Waals surface area contributed by atoms with Gasteiger partial charge in [-0.1, -0.05) is 37.1 Å². The number of thiophene rings is 1. The van der Waals surface area contributed by atoms with E-state index in [1.54, 1.807) is 11.3 Å². The van der Waals surface area contributed by atoms with Gasteiger partial charge in [0, 0.05) is 35.6 Å². The van der Waals surface area contributed by atoms with Crippen molar-refractivity contribution >= 4 is 28.3 Å². The van der Waals surface area contributed by atoms with Crippen LogP contribution in [0.25, 0.3) is 21.5 Å². The quantitative estimate of drug-likeness (QED) is 0.645. The molecule has 26 heavy (non-hydrogen) atoms. The molecule has 136 valence electrons. The second kappa shape index (κ2) is 7.54. The Kier molecular flexibility index (Phi) is 4.98. The summed E-state index contributed by atoms with van der Waals surface area (Å²) in [4.78, 5) is 13.6. The zero-order valence-corrected chi connectivity index (χ0v) is 15.9. The Morgan fingerprint density at radius 3 is 2.73 bits per heavy atom. The number of amides is 2. The highest BCUT2D eigenvalue weighted by atomic mass is 32.1. The first-order valence-electron chi connectivity index (χ1n) is 9.46. The molecule has 0 bridgehead atoms. The summed E-state index contributed by atoms with van der Waals surface area (Å²) < 4.78 is 2.35. The van der Waals surface area contributed by atoms with Gasteiger partial charge in [-0.3, -0.25) is 0 Å². The zero-order chi connectivity index (χ0) is 17.9. The third-order valence-corrected chi connectivity index (χ3v) is 6.14. The van der Waals surface area contributed by atoms with E-state index in [9.17, 15) is 4.79 Å². The van der Waals surface area contributed by atoms with Crippen molar-refractivity contribution in [2.24, 2.45) is 0 Å². The van der Waals surface area contributed by atoms with Gasteiger partial charge in [-0.15, -0.1) is 11.3 Å². The van der Waals surface area contributed by atoms with Crippen LogP contribution in [0.2, 0.25) is 0 Å². The fourth-order valence-electron chi connectivity index (χ4n) is 4.05. The number of aromatic nitrogens is 1. The van der Waals surface area contributed by atoms with Crippen LogP contribution in [0.15, 0.2) is 41.8 Å². The van der Waals surface area contributed by atoms with Crippen molar-refractivity contribution in [2.45, 2.75) is 51.7 Å². The Hall–Kier alpha value is -2.27. The van der Waals surface area contributed by atoms with Crippen molar-refractivity contribution in [3.63, 3.8) is 0 Å². The maximum absolute atomic E-state index is 12.4. The van der Waals surface area contributed by atoms with Crippen LogP contribution in [-0.2, 0) is 13.1 Å². The average molecular weight is 368 g/mol. The highest BCUT2D eigenvalue weighted by Gasteiger charge is 2.20. The molecule has 2 N–H and O–H groups in total. The minimum absolute atomic E-state index is 0.0534. The van der Waals surface area contributed by atoms with Crippen LogP contribution < -0.4 is 10.6 Å². The van der Waals surface area contributed by atoms with Crippen LogP contribution >= 0.6 is 11.3 Å². The fourth-order valence-corrected chi connectivity index (χ4v) is 4.86. The van der Waals surface area contributed by atoms with Gasteiger partial charge in [0.15, 0.2) is 0 Å². The lowest BCUT2D eigenvalue weighted by atomic mass is 10.1. The summed E-state index contributed by atoms with van der Waals surface area (Å²) in [5.74, 6) is 0. The number of rotatable bonds is 5. The van der Waals surface area contributed by atoms with E-state index >= 15 is 0 Å². The molecular formula is C21H25N3OS. The topological polar surface area (TPSA) is 46.1 Å². The first kappa shape index (κ1) is 17.2. The standard InChI is InChI=1S/C21H25N3OS/c1-2-24-18-11-6-5-10-16(18)17(20(24)19-12-7-13-26-19)14-22-21(25)23-15-8-3-4-9-15/h5-7,10-13,15H,2-4,8-9,14H2,1H3,(H2,22,23,25). The lowest BCUT2D eigenvalue weighted by molar-refractivity contribution is 0.237. The molecular weight excluding hydrogens is 342 g/mol. The fraction of sp³-hybridized carbons (Fsp3) is 0.381. The molecule has 2 heterocycles. The number of nitrogens with zero attached hydrogens (tertiary/aromatic N) is 1. The van der Waals surface area contributed by atoms with Crippen LogP contribution in [0.1, 0.15) is 38.2 Å². The van der Waals surface area contributed by atoms with Crippen molar-refractivity contribution < 1.29 is 4.79 Å². The van der Waals surface area contributed by atoms with Gasteiger partial charge in [-0.25, -0.2) is 4.79 Å². The summed E-state index contributed by atoms with van der Waals surface area (Å²) in [6.07, 6.45) is 4.64. The van der Waals surface area contributed by atoms with E-state index in [-0.39, 0.29) is 6.03 Å². The lowest BCUT2D eigenvalue weighted by Crippen LogP contribution is -2.40. The van der Waals surface area contributed by atoms with Crippen LogP contribution in [0, 0.1) is 0 Å². The van der Waals surface area contributed by atoms with Crippen LogP contribution in [0.3, 0.4) is 0 Å². The number of carbonyl (C=O) groups is 1. The van der Waals surface area contributed by atoms with Gasteiger partial charge >= 0.3 is 6.03 Å². The summed E-state index contributed by atoms with van der Waals surface area (Å²) in [6.45, 7) is 3.62. The summed E-state index contributed by atoms with van der Waals surface area (Å²) in [7, 11) is 0. The molecule has 2 amide bonds. The van der Waals surface area contributed by atoms with Crippen molar-refractivity contribution in [1.29, 1.82) is 0 Å². The van der Waals surface area contributed by atoms with Crippen molar-refractivity contribution in [3.8, 4) is 10.6 Å². The molecule has 1 aliphatic carbocycles. The largest absolute Gasteiger partial charge is 0.340 e. The molecule has 0 saturated heterocycles. The Bertz CT molecular complexity index is 892. The normalized spacial score (nSPS) is 14.8. The number of hydrogen-bond acceptors (Lipinski definition) is 2. The van der Waals surface area contributed by atoms with Crippen molar-refractivity contribution in [2.75, 3.05) is 0 Å². The second-order valence-electron chi connectivity index (χ2n) is 6.87. The Balaban J connectivity index is 1.65. The molecule has 1 aliphatic rings. The van der Waals surface area contributed by atoms with Crippen LogP contribution in [-0.4, -0.2) is 16.6 Å². The van der Waals surface area contributed by atoms with E-state index in [1.807, 2.05) is 0 Å². The molecule has 1 saturated carbocycles. The molecule has 5 heteroatoms. The summed E-state index contributed by atoms with van der Waals surface area (Å²) in [6, 6.07) is 13.0. The van der Waals surface area contributed by atoms with Gasteiger partial charge in [0.2, 0.25) is 0 Å². The lowest BCUT2D eigenvalue weighted by Gasteiger charge is -2.14. The number of hydrogen-bond donors (Lipinski definition) is 2. The first-order valence-corrected chi connectivity index (χ1v) is 10.3. The van der Waals surface area contributed by atoms with E-state index in [0.717, 1.165) is 19.4 Å². The zero-order valence-electron chi connectivity index (χ0n) is 15.1. The van der Waals surface area contributed by atoms with E-state index < -0.39 is 0 Å². The average Bonchev–Trinajstić information content (AvgIpc) is 3.39. The van der Waals surface area contributed by atoms with E-state index in [2.05, 4.69) is 63.9 Å². The number of fused-ring (bicyclic) bond motifs is 1. The summed E-state index contributed by atoms with van der Waals surface area (Å²) >= 11 is 1.75. The number of urea groups is 1. The maximum atomic E-state index is 12.4. The Morgan fingerprint density at radius 1 is 1.19 bits per heavy atom. The molecule has 0 atom stereocenters. The minimum Gasteiger partial charge on any atom is -0.340 e. The highest BCUT2D eigenvalue weighted by molar-refractivity contribution is 7.13. The summed E-state index contributed by atoms with van der Waals surface area (Å²) in [5.41, 5.74) is 3.66. The number of carbonyl (C=O) groups excluding carboxylic acids is 1. The number of benzene rings is 1. The van der Waals surface area contributed by atoms with Gasteiger partial charge in [0.25, 0.3) is 0 Å². The minimum atomic E-state index is -0.0534. The molecule has 3 aromatic rings. The summed E-state index contributed by atoms with van der Waals surface area (Å²) in [5, 5.41) is 9.55. The van der Waals surface area contributed by atoms with E-state index in [0.29, 0.717) is 12.6 Å². The van der Waals surface area contributed by atoms with Gasteiger partial charge in [0.1, 0.15) is 0 Å². The molecule has 0 aliphatic heterocycles. The van der Waals surface area contributed by atoms with Gasteiger partial charge < -0.3 is 15.2 Å². The third-order valence-electron chi connectivity index (χ3n) is 5.26. The molecule has 1 fully saturated rings. The van der Waals surface area contributed by atoms with Crippen molar-refractivity contribution in [3.05, 3.63) is 47.3 Å². The van der Waals surface area contributed by atoms with Crippen LogP contribution in [0.4, 0.5) is 4.79 Å². The predicted octanol–water partition coefficient (Wildman–Crippen LogP) is 5.13. The number of para-hydroxylation sites is 1. The van der Waals surface area contributed by atoms with Gasteiger partial charge in [0.05, 0.1) is 10.6 Å². The van der Waals surface area contributed by atoms with Crippen molar-refractivity contribution in [1.82, 2.24) is 15.2 Å².